The molecule has 1 aliphatic heterocycles. The number of carbonyl (C=O) groups excluding carboxylic acids is 3. The predicted octanol–water partition coefficient (Wildman–Crippen LogP) is 0.668. The van der Waals surface area contributed by atoms with Gasteiger partial charge < -0.3 is 20.4 Å². The molecule has 7 nitrogen and oxygen atoms in total. The van der Waals surface area contributed by atoms with E-state index in [1.54, 1.807) is 4.90 Å². The molecule has 0 radical (unpaired) electrons. The van der Waals surface area contributed by atoms with E-state index in [-0.39, 0.29) is 5.91 Å². The quantitative estimate of drug-likeness (QED) is 0.562. The highest BCUT2D eigenvalue weighted by Gasteiger charge is 2.38. The minimum Gasteiger partial charge on any atom is -0.348 e. The van der Waals surface area contributed by atoms with Crippen molar-refractivity contribution in [1.29, 1.82) is 0 Å². The van der Waals surface area contributed by atoms with Crippen molar-refractivity contribution in [2.45, 2.75) is 25.8 Å². The molecule has 2 N–H and O–H groups in total. The standard InChI is InChI=1S/C18H26N4O3/c1-4-11-22-14-9-6-5-8-13(14)15(18(22)25)20-17(24)16(23)19-10-7-12-21(2)3/h5-6,8-9,15H,4,7,10-12H2,1-3H3,(H,19,23)(H,20,24). The normalized spacial score (nSPS) is 16.1. The molecule has 7 heteroatoms. The Hall–Kier alpha value is -2.41. The first-order chi connectivity index (χ1) is 12.0. The summed E-state index contributed by atoms with van der Waals surface area (Å²) in [6.07, 6.45) is 1.56. The zero-order valence-corrected chi connectivity index (χ0v) is 15.0. The van der Waals surface area contributed by atoms with Gasteiger partial charge in [0.2, 0.25) is 0 Å². The van der Waals surface area contributed by atoms with E-state index in [4.69, 9.17) is 0 Å². The number of fused-ring (bicyclic) bond motifs is 1. The van der Waals surface area contributed by atoms with Gasteiger partial charge in [-0.15, -0.1) is 0 Å². The molecule has 25 heavy (non-hydrogen) atoms. The van der Waals surface area contributed by atoms with E-state index >= 15 is 0 Å². The van der Waals surface area contributed by atoms with Crippen LogP contribution in [0, 0.1) is 0 Å². The number of para-hydroxylation sites is 1. The number of nitrogens with one attached hydrogen (secondary N) is 2. The van der Waals surface area contributed by atoms with Crippen molar-refractivity contribution in [2.75, 3.05) is 38.6 Å². The average Bonchev–Trinajstić information content (AvgIpc) is 2.84. The Kier molecular flexibility index (Phi) is 6.52. The van der Waals surface area contributed by atoms with Crippen molar-refractivity contribution < 1.29 is 14.4 Å². The molecule has 0 fully saturated rings. The van der Waals surface area contributed by atoms with Crippen molar-refractivity contribution in [2.24, 2.45) is 0 Å². The van der Waals surface area contributed by atoms with Crippen LogP contribution in [0.3, 0.4) is 0 Å². The topological polar surface area (TPSA) is 81.8 Å². The molecule has 1 heterocycles. The van der Waals surface area contributed by atoms with Gasteiger partial charge in [0.1, 0.15) is 6.04 Å². The fourth-order valence-electron chi connectivity index (χ4n) is 2.85. The molecule has 1 aromatic carbocycles. The van der Waals surface area contributed by atoms with E-state index in [9.17, 15) is 14.4 Å². The van der Waals surface area contributed by atoms with Gasteiger partial charge in [0.15, 0.2) is 0 Å². The third kappa shape index (κ3) is 4.57. The third-order valence-corrected chi connectivity index (χ3v) is 4.05. The first-order valence-electron chi connectivity index (χ1n) is 8.59. The fraction of sp³-hybridized carbons (Fsp3) is 0.500. The number of rotatable bonds is 7. The van der Waals surface area contributed by atoms with Crippen LogP contribution in [0.15, 0.2) is 24.3 Å². The number of amides is 3. The van der Waals surface area contributed by atoms with E-state index < -0.39 is 17.9 Å². The predicted molar refractivity (Wildman–Crippen MR) is 96.2 cm³/mol. The van der Waals surface area contributed by atoms with Crippen molar-refractivity contribution >= 4 is 23.4 Å². The Morgan fingerprint density at radius 3 is 2.60 bits per heavy atom. The molecule has 136 valence electrons. The Morgan fingerprint density at radius 2 is 1.92 bits per heavy atom. The minimum absolute atomic E-state index is 0.197. The molecule has 0 spiro atoms. The summed E-state index contributed by atoms with van der Waals surface area (Å²) in [7, 11) is 3.89. The van der Waals surface area contributed by atoms with Crippen LogP contribution in [-0.2, 0) is 14.4 Å². The van der Waals surface area contributed by atoms with Crippen molar-refractivity contribution in [3.63, 3.8) is 0 Å². The molecular weight excluding hydrogens is 320 g/mol. The van der Waals surface area contributed by atoms with Gasteiger partial charge in [-0.2, -0.15) is 0 Å². The van der Waals surface area contributed by atoms with Gasteiger partial charge in [-0.05, 0) is 39.5 Å². The lowest BCUT2D eigenvalue weighted by Crippen LogP contribution is -2.45. The SMILES string of the molecule is CCCN1C(=O)C(NC(=O)C(=O)NCCCN(C)C)c2ccccc21. The summed E-state index contributed by atoms with van der Waals surface area (Å²) in [4.78, 5) is 40.4. The van der Waals surface area contributed by atoms with Gasteiger partial charge >= 0.3 is 11.8 Å². The number of carbonyl (C=O) groups is 3. The summed E-state index contributed by atoms with van der Waals surface area (Å²) >= 11 is 0. The van der Waals surface area contributed by atoms with Crippen molar-refractivity contribution in [1.82, 2.24) is 15.5 Å². The lowest BCUT2D eigenvalue weighted by molar-refractivity contribution is -0.140. The maximum atomic E-state index is 12.6. The lowest BCUT2D eigenvalue weighted by Gasteiger charge is -2.17. The second-order valence-corrected chi connectivity index (χ2v) is 6.37. The molecule has 0 aromatic heterocycles. The molecule has 1 aromatic rings. The van der Waals surface area contributed by atoms with Gasteiger partial charge in [0, 0.05) is 24.3 Å². The van der Waals surface area contributed by atoms with Gasteiger partial charge in [-0.1, -0.05) is 25.1 Å². The molecule has 2 rings (SSSR count). The van der Waals surface area contributed by atoms with E-state index in [0.29, 0.717) is 13.1 Å². The Labute approximate surface area is 148 Å². The van der Waals surface area contributed by atoms with Gasteiger partial charge in [-0.3, -0.25) is 14.4 Å². The van der Waals surface area contributed by atoms with Crippen LogP contribution in [0.25, 0.3) is 0 Å². The summed E-state index contributed by atoms with van der Waals surface area (Å²) in [6.45, 7) is 3.81. The van der Waals surface area contributed by atoms with Crippen LogP contribution in [0.4, 0.5) is 5.69 Å². The highest BCUT2D eigenvalue weighted by atomic mass is 16.2. The summed E-state index contributed by atoms with van der Waals surface area (Å²) < 4.78 is 0. The van der Waals surface area contributed by atoms with Crippen LogP contribution in [0.5, 0.6) is 0 Å². The van der Waals surface area contributed by atoms with E-state index in [2.05, 4.69) is 10.6 Å². The van der Waals surface area contributed by atoms with Gasteiger partial charge in [0.25, 0.3) is 5.91 Å². The van der Waals surface area contributed by atoms with Gasteiger partial charge in [0.05, 0.1) is 0 Å². The minimum atomic E-state index is -0.803. The molecule has 3 amide bonds. The van der Waals surface area contributed by atoms with Crippen molar-refractivity contribution in [3.05, 3.63) is 29.8 Å². The van der Waals surface area contributed by atoms with Crippen LogP contribution >= 0.6 is 0 Å². The Balaban J connectivity index is 1.98. The summed E-state index contributed by atoms with van der Waals surface area (Å²) in [5.74, 6) is -1.69. The van der Waals surface area contributed by atoms with E-state index in [1.807, 2.05) is 50.2 Å². The molecule has 1 unspecified atom stereocenters. The van der Waals surface area contributed by atoms with Crippen molar-refractivity contribution in [3.8, 4) is 0 Å². The number of anilines is 1. The maximum absolute atomic E-state index is 12.6. The monoisotopic (exact) mass is 346 g/mol. The molecule has 0 saturated heterocycles. The molecule has 0 saturated carbocycles. The smallest absolute Gasteiger partial charge is 0.310 e. The largest absolute Gasteiger partial charge is 0.348 e. The van der Waals surface area contributed by atoms with Crippen LogP contribution in [0.1, 0.15) is 31.4 Å². The molecule has 0 bridgehead atoms. The number of hydrogen-bond acceptors (Lipinski definition) is 4. The van der Waals surface area contributed by atoms with Crippen LogP contribution < -0.4 is 15.5 Å². The fourth-order valence-corrected chi connectivity index (χ4v) is 2.85. The second-order valence-electron chi connectivity index (χ2n) is 6.37. The molecule has 0 aliphatic carbocycles. The zero-order chi connectivity index (χ0) is 18.4. The summed E-state index contributed by atoms with van der Waals surface area (Å²) in [5.41, 5.74) is 1.53. The summed E-state index contributed by atoms with van der Waals surface area (Å²) in [5, 5.41) is 5.15. The van der Waals surface area contributed by atoms with E-state index in [0.717, 1.165) is 30.6 Å². The summed E-state index contributed by atoms with van der Waals surface area (Å²) in [6, 6.07) is 6.54. The first kappa shape index (κ1) is 18.9. The Bertz CT molecular complexity index is 645. The molecule has 1 atom stereocenters. The number of benzene rings is 1. The average molecular weight is 346 g/mol. The number of hydrogen-bond donors (Lipinski definition) is 2. The highest BCUT2D eigenvalue weighted by molar-refractivity contribution is 6.35. The first-order valence-corrected chi connectivity index (χ1v) is 8.59. The highest BCUT2D eigenvalue weighted by Crippen LogP contribution is 2.35. The van der Waals surface area contributed by atoms with Crippen LogP contribution in [0.2, 0.25) is 0 Å². The Morgan fingerprint density at radius 1 is 1.20 bits per heavy atom. The van der Waals surface area contributed by atoms with Gasteiger partial charge in [-0.25, -0.2) is 0 Å². The lowest BCUT2D eigenvalue weighted by atomic mass is 10.1. The molecular formula is C18H26N4O3. The second kappa shape index (κ2) is 8.62. The third-order valence-electron chi connectivity index (χ3n) is 4.05. The number of nitrogens with zero attached hydrogens (tertiary/aromatic N) is 2. The van der Waals surface area contributed by atoms with E-state index in [1.165, 1.54) is 0 Å². The zero-order valence-electron chi connectivity index (χ0n) is 15.0. The maximum Gasteiger partial charge on any atom is 0.310 e. The van der Waals surface area contributed by atoms with Crippen LogP contribution in [-0.4, -0.2) is 56.4 Å². The molecule has 1 aliphatic rings.